The van der Waals surface area contributed by atoms with Gasteiger partial charge in [-0.2, -0.15) is 0 Å². The van der Waals surface area contributed by atoms with E-state index in [1.54, 1.807) is 17.4 Å². The second-order valence-corrected chi connectivity index (χ2v) is 5.69. The third-order valence-corrected chi connectivity index (χ3v) is 3.78. The Bertz CT molecular complexity index is 335. The highest BCUT2D eigenvalue weighted by Gasteiger charge is 2.27. The van der Waals surface area contributed by atoms with Crippen LogP contribution in [0.2, 0.25) is 0 Å². The summed E-state index contributed by atoms with van der Waals surface area (Å²) in [6.07, 6.45) is 7.46. The van der Waals surface area contributed by atoms with E-state index in [4.69, 9.17) is 0 Å². The third kappa shape index (κ3) is 4.03. The van der Waals surface area contributed by atoms with E-state index in [-0.39, 0.29) is 0 Å². The van der Waals surface area contributed by atoms with Gasteiger partial charge in [-0.3, -0.25) is 4.79 Å². The SMILES string of the molecule is CC1=C(CC/C(C)=C\OC=O)C(C)(C)CCC1. The minimum atomic E-state index is 0.341. The normalized spacial score (nSPS) is 20.4. The highest BCUT2D eigenvalue weighted by molar-refractivity contribution is 5.38. The van der Waals surface area contributed by atoms with Crippen molar-refractivity contribution >= 4 is 6.47 Å². The van der Waals surface area contributed by atoms with E-state index in [1.807, 2.05) is 6.92 Å². The maximum Gasteiger partial charge on any atom is 0.297 e. The topological polar surface area (TPSA) is 26.3 Å². The smallest absolute Gasteiger partial charge is 0.297 e. The molecule has 0 saturated carbocycles. The standard InChI is InChI=1S/C15H24O2/c1-12(10-17-11-16)7-8-14-13(2)6-5-9-15(14,3)4/h10-11H,5-9H2,1-4H3/b12-10-. The zero-order valence-electron chi connectivity index (χ0n) is 11.5. The maximum atomic E-state index is 10.1. The van der Waals surface area contributed by atoms with Crippen LogP contribution in [0.4, 0.5) is 0 Å². The summed E-state index contributed by atoms with van der Waals surface area (Å²) in [5.41, 5.74) is 4.63. The molecule has 96 valence electrons. The lowest BCUT2D eigenvalue weighted by Crippen LogP contribution is -2.20. The molecule has 0 aromatic carbocycles. The van der Waals surface area contributed by atoms with Gasteiger partial charge in [0.05, 0.1) is 6.26 Å². The van der Waals surface area contributed by atoms with Gasteiger partial charge in [0.2, 0.25) is 0 Å². The summed E-state index contributed by atoms with van der Waals surface area (Å²) in [5, 5.41) is 0. The molecule has 1 aliphatic rings. The summed E-state index contributed by atoms with van der Waals surface area (Å²) in [4.78, 5) is 10.1. The summed E-state index contributed by atoms with van der Waals surface area (Å²) in [6, 6.07) is 0. The molecule has 1 aliphatic carbocycles. The van der Waals surface area contributed by atoms with E-state index in [2.05, 4.69) is 25.5 Å². The number of ether oxygens (including phenoxy) is 1. The molecule has 0 saturated heterocycles. The fourth-order valence-electron chi connectivity index (χ4n) is 2.75. The van der Waals surface area contributed by atoms with E-state index in [1.165, 1.54) is 19.3 Å². The molecule has 0 aliphatic heterocycles. The second-order valence-electron chi connectivity index (χ2n) is 5.69. The highest BCUT2D eigenvalue weighted by Crippen LogP contribution is 2.42. The summed E-state index contributed by atoms with van der Waals surface area (Å²) >= 11 is 0. The summed E-state index contributed by atoms with van der Waals surface area (Å²) in [5.74, 6) is 0. The highest BCUT2D eigenvalue weighted by atomic mass is 16.5. The molecule has 0 fully saturated rings. The number of carbonyl (C=O) groups is 1. The second kappa shape index (κ2) is 6.04. The lowest BCUT2D eigenvalue weighted by Gasteiger charge is -2.34. The molecule has 1 rings (SSSR count). The van der Waals surface area contributed by atoms with E-state index in [0.29, 0.717) is 11.9 Å². The van der Waals surface area contributed by atoms with Gasteiger partial charge < -0.3 is 4.74 Å². The average Bonchev–Trinajstić information content (AvgIpc) is 2.24. The van der Waals surface area contributed by atoms with Crippen LogP contribution in [0.1, 0.15) is 59.8 Å². The van der Waals surface area contributed by atoms with Crippen LogP contribution in [-0.4, -0.2) is 6.47 Å². The van der Waals surface area contributed by atoms with Crippen molar-refractivity contribution in [1.82, 2.24) is 0 Å². The predicted octanol–water partition coefficient (Wildman–Crippen LogP) is 4.37. The third-order valence-electron chi connectivity index (χ3n) is 3.78. The van der Waals surface area contributed by atoms with E-state index in [0.717, 1.165) is 18.4 Å². The number of rotatable bonds is 5. The number of allylic oxidation sites excluding steroid dienone is 3. The lowest BCUT2D eigenvalue weighted by molar-refractivity contribution is -0.123. The first-order valence-electron chi connectivity index (χ1n) is 6.41. The number of hydrogen-bond acceptors (Lipinski definition) is 2. The zero-order valence-corrected chi connectivity index (χ0v) is 11.5. The number of hydrogen-bond donors (Lipinski definition) is 0. The van der Waals surface area contributed by atoms with Crippen molar-refractivity contribution in [3.8, 4) is 0 Å². The summed E-state index contributed by atoms with van der Waals surface area (Å²) in [7, 11) is 0. The van der Waals surface area contributed by atoms with Gasteiger partial charge in [0, 0.05) is 0 Å². The van der Waals surface area contributed by atoms with Crippen LogP contribution in [0.25, 0.3) is 0 Å². The van der Waals surface area contributed by atoms with Gasteiger partial charge in [0.25, 0.3) is 6.47 Å². The molecule has 0 aromatic rings. The van der Waals surface area contributed by atoms with Crippen LogP contribution in [0.5, 0.6) is 0 Å². The van der Waals surface area contributed by atoms with Crippen molar-refractivity contribution < 1.29 is 9.53 Å². The van der Waals surface area contributed by atoms with Crippen LogP contribution < -0.4 is 0 Å². The molecule has 0 bridgehead atoms. The van der Waals surface area contributed by atoms with Gasteiger partial charge in [-0.05, 0) is 56.9 Å². The molecule has 0 N–H and O–H groups in total. The van der Waals surface area contributed by atoms with Gasteiger partial charge in [0.15, 0.2) is 0 Å². The van der Waals surface area contributed by atoms with Gasteiger partial charge in [-0.25, -0.2) is 0 Å². The van der Waals surface area contributed by atoms with Crippen LogP contribution in [0.15, 0.2) is 23.0 Å². The van der Waals surface area contributed by atoms with Crippen LogP contribution in [0.3, 0.4) is 0 Å². The van der Waals surface area contributed by atoms with Gasteiger partial charge in [-0.15, -0.1) is 0 Å². The van der Waals surface area contributed by atoms with Crippen molar-refractivity contribution in [2.75, 3.05) is 0 Å². The molecule has 17 heavy (non-hydrogen) atoms. The molecule has 0 heterocycles. The molecule has 0 radical (unpaired) electrons. The average molecular weight is 236 g/mol. The van der Waals surface area contributed by atoms with Crippen molar-refractivity contribution in [1.29, 1.82) is 0 Å². The minimum absolute atomic E-state index is 0.341. The predicted molar refractivity (Wildman–Crippen MR) is 70.5 cm³/mol. The van der Waals surface area contributed by atoms with Gasteiger partial charge in [-0.1, -0.05) is 25.0 Å². The minimum Gasteiger partial charge on any atom is -0.437 e. The molecule has 2 heteroatoms. The quantitative estimate of drug-likeness (QED) is 0.402. The van der Waals surface area contributed by atoms with Crippen molar-refractivity contribution in [3.63, 3.8) is 0 Å². The first kappa shape index (κ1) is 14.0. The lowest BCUT2D eigenvalue weighted by atomic mass is 9.71. The summed E-state index contributed by atoms with van der Waals surface area (Å²) in [6.45, 7) is 9.42. The fraction of sp³-hybridized carbons (Fsp3) is 0.667. The first-order chi connectivity index (χ1) is 7.97. The monoisotopic (exact) mass is 236 g/mol. The maximum absolute atomic E-state index is 10.1. The fourth-order valence-corrected chi connectivity index (χ4v) is 2.75. The van der Waals surface area contributed by atoms with Gasteiger partial charge in [0.1, 0.15) is 0 Å². The Morgan fingerprint density at radius 1 is 1.47 bits per heavy atom. The van der Waals surface area contributed by atoms with E-state index in [9.17, 15) is 4.79 Å². The Balaban J connectivity index is 2.63. The molecular weight excluding hydrogens is 212 g/mol. The van der Waals surface area contributed by atoms with Crippen LogP contribution in [-0.2, 0) is 9.53 Å². The molecule has 2 nitrogen and oxygen atoms in total. The Morgan fingerprint density at radius 3 is 2.76 bits per heavy atom. The molecular formula is C15H24O2. The Kier molecular flexibility index (Phi) is 4.98. The molecule has 0 atom stereocenters. The Hall–Kier alpha value is -1.05. The van der Waals surface area contributed by atoms with Crippen LogP contribution in [0, 0.1) is 5.41 Å². The number of carbonyl (C=O) groups excluding carboxylic acids is 1. The molecule has 0 aromatic heterocycles. The molecule has 0 amide bonds. The van der Waals surface area contributed by atoms with E-state index < -0.39 is 0 Å². The van der Waals surface area contributed by atoms with Crippen molar-refractivity contribution in [3.05, 3.63) is 23.0 Å². The molecule has 0 unspecified atom stereocenters. The Morgan fingerprint density at radius 2 is 2.18 bits per heavy atom. The summed E-state index contributed by atoms with van der Waals surface area (Å²) < 4.78 is 4.66. The largest absolute Gasteiger partial charge is 0.437 e. The van der Waals surface area contributed by atoms with Crippen molar-refractivity contribution in [2.45, 2.75) is 59.8 Å². The molecule has 0 spiro atoms. The van der Waals surface area contributed by atoms with Gasteiger partial charge >= 0.3 is 0 Å². The zero-order chi connectivity index (χ0) is 12.9. The first-order valence-corrected chi connectivity index (χ1v) is 6.41. The Labute approximate surface area is 105 Å². The van der Waals surface area contributed by atoms with Crippen molar-refractivity contribution in [2.24, 2.45) is 5.41 Å². The van der Waals surface area contributed by atoms with Crippen LogP contribution >= 0.6 is 0 Å². The van der Waals surface area contributed by atoms with E-state index >= 15 is 0 Å².